The molecular formula is C17H18F3N3OS. The number of rotatable bonds is 4. The van der Waals surface area contributed by atoms with E-state index in [-0.39, 0.29) is 18.2 Å². The first-order valence-electron chi connectivity index (χ1n) is 8.01. The van der Waals surface area contributed by atoms with Gasteiger partial charge in [0, 0.05) is 24.2 Å². The van der Waals surface area contributed by atoms with Crippen molar-refractivity contribution in [1.29, 1.82) is 0 Å². The first-order chi connectivity index (χ1) is 11.9. The Morgan fingerprint density at radius 3 is 2.72 bits per heavy atom. The third-order valence-corrected chi connectivity index (χ3v) is 5.16. The van der Waals surface area contributed by atoms with Crippen LogP contribution in [0.25, 0.3) is 0 Å². The number of carbonyl (C=O) groups is 1. The maximum atomic E-state index is 13.1. The average Bonchev–Trinajstić information content (AvgIpc) is 3.11. The molecule has 1 aliphatic rings. The number of alkyl halides is 3. The molecule has 0 spiro atoms. The van der Waals surface area contributed by atoms with Gasteiger partial charge >= 0.3 is 6.18 Å². The van der Waals surface area contributed by atoms with Crippen LogP contribution < -0.4 is 0 Å². The van der Waals surface area contributed by atoms with Crippen molar-refractivity contribution in [1.82, 2.24) is 14.7 Å². The summed E-state index contributed by atoms with van der Waals surface area (Å²) in [5.74, 6) is 0.223. The van der Waals surface area contributed by atoms with E-state index in [1.165, 1.54) is 11.8 Å². The van der Waals surface area contributed by atoms with Gasteiger partial charge in [0.1, 0.15) is 5.69 Å². The molecule has 2 heterocycles. The van der Waals surface area contributed by atoms with Gasteiger partial charge in [-0.2, -0.15) is 18.3 Å². The van der Waals surface area contributed by atoms with Gasteiger partial charge in [0.25, 0.3) is 0 Å². The molecule has 0 unspecified atom stereocenters. The monoisotopic (exact) mass is 369 g/mol. The molecule has 4 nitrogen and oxygen atoms in total. The molecule has 0 saturated carbocycles. The predicted octanol–water partition coefficient (Wildman–Crippen LogP) is 3.86. The maximum absolute atomic E-state index is 13.1. The number of amides is 1. The van der Waals surface area contributed by atoms with E-state index >= 15 is 0 Å². The number of aromatic nitrogens is 2. The van der Waals surface area contributed by atoms with Crippen molar-refractivity contribution in [3.63, 3.8) is 0 Å². The lowest BCUT2D eigenvalue weighted by molar-refractivity contribution is -0.145. The summed E-state index contributed by atoms with van der Waals surface area (Å²) in [7, 11) is 0. The molecule has 1 atom stereocenters. The van der Waals surface area contributed by atoms with Crippen molar-refractivity contribution < 1.29 is 18.0 Å². The van der Waals surface area contributed by atoms with Gasteiger partial charge in [0.2, 0.25) is 5.91 Å². The van der Waals surface area contributed by atoms with Gasteiger partial charge in [-0.25, -0.2) is 0 Å². The van der Waals surface area contributed by atoms with Crippen molar-refractivity contribution in [2.45, 2.75) is 30.0 Å². The molecule has 1 aromatic carbocycles. The van der Waals surface area contributed by atoms with E-state index in [1.54, 1.807) is 4.90 Å². The molecule has 1 fully saturated rings. The topological polar surface area (TPSA) is 38.1 Å². The summed E-state index contributed by atoms with van der Waals surface area (Å²) in [6.07, 6.45) is -2.02. The lowest BCUT2D eigenvalue weighted by Crippen LogP contribution is -2.42. The van der Waals surface area contributed by atoms with Crippen molar-refractivity contribution in [3.05, 3.63) is 48.3 Å². The van der Waals surface area contributed by atoms with Crippen LogP contribution in [0.1, 0.15) is 24.6 Å². The number of nitrogens with zero attached hydrogens (tertiary/aromatic N) is 3. The van der Waals surface area contributed by atoms with Gasteiger partial charge in [-0.15, -0.1) is 11.8 Å². The molecule has 1 aromatic heterocycles. The molecule has 2 aromatic rings. The van der Waals surface area contributed by atoms with Crippen LogP contribution in [0.2, 0.25) is 0 Å². The first-order valence-corrected chi connectivity index (χ1v) is 9.00. The van der Waals surface area contributed by atoms with E-state index in [4.69, 9.17) is 0 Å². The summed E-state index contributed by atoms with van der Waals surface area (Å²) in [5, 5.41) is 3.85. The Balaban J connectivity index is 1.63. The van der Waals surface area contributed by atoms with Gasteiger partial charge in [0.15, 0.2) is 0 Å². The first kappa shape index (κ1) is 17.8. The fourth-order valence-corrected chi connectivity index (χ4v) is 3.79. The van der Waals surface area contributed by atoms with Crippen molar-refractivity contribution in [3.8, 4) is 0 Å². The number of benzene rings is 1. The molecule has 1 aliphatic heterocycles. The van der Waals surface area contributed by atoms with E-state index < -0.39 is 17.9 Å². The fourth-order valence-electron chi connectivity index (χ4n) is 2.96. The third-order valence-electron chi connectivity index (χ3n) is 4.16. The Labute approximate surface area is 148 Å². The van der Waals surface area contributed by atoms with Crippen LogP contribution in [0.15, 0.2) is 47.5 Å². The second-order valence-electron chi connectivity index (χ2n) is 5.90. The number of hydrogen-bond donors (Lipinski definition) is 0. The van der Waals surface area contributed by atoms with Gasteiger partial charge in [-0.1, -0.05) is 18.2 Å². The number of piperidine rings is 1. The van der Waals surface area contributed by atoms with Gasteiger partial charge in [-0.05, 0) is 31.0 Å². The van der Waals surface area contributed by atoms with E-state index in [1.807, 2.05) is 30.3 Å². The highest BCUT2D eigenvalue weighted by Crippen LogP contribution is 2.33. The van der Waals surface area contributed by atoms with Crippen LogP contribution in [0, 0.1) is 0 Å². The van der Waals surface area contributed by atoms with Gasteiger partial charge in [0.05, 0.1) is 11.8 Å². The highest BCUT2D eigenvalue weighted by molar-refractivity contribution is 8.00. The van der Waals surface area contributed by atoms with Crippen LogP contribution in [-0.2, 0) is 11.0 Å². The highest BCUT2D eigenvalue weighted by Gasteiger charge is 2.37. The van der Waals surface area contributed by atoms with E-state index in [9.17, 15) is 18.0 Å². The van der Waals surface area contributed by atoms with Crippen LogP contribution >= 0.6 is 11.8 Å². The van der Waals surface area contributed by atoms with Crippen LogP contribution in [0.5, 0.6) is 0 Å². The average molecular weight is 369 g/mol. The molecule has 25 heavy (non-hydrogen) atoms. The van der Waals surface area contributed by atoms with Gasteiger partial charge < -0.3 is 4.90 Å². The minimum atomic E-state index is -4.44. The maximum Gasteiger partial charge on any atom is 0.433 e. The van der Waals surface area contributed by atoms with Gasteiger partial charge in [-0.3, -0.25) is 9.48 Å². The van der Waals surface area contributed by atoms with Crippen LogP contribution in [-0.4, -0.2) is 39.4 Å². The second kappa shape index (κ2) is 7.51. The molecule has 0 aliphatic carbocycles. The molecule has 1 amide bonds. The predicted molar refractivity (Wildman–Crippen MR) is 89.2 cm³/mol. The zero-order chi connectivity index (χ0) is 17.9. The number of thioether (sulfide) groups is 1. The number of halogens is 3. The van der Waals surface area contributed by atoms with Crippen LogP contribution in [0.4, 0.5) is 13.2 Å². The van der Waals surface area contributed by atoms with Crippen molar-refractivity contribution in [2.75, 3.05) is 18.8 Å². The Hall–Kier alpha value is -1.96. The summed E-state index contributed by atoms with van der Waals surface area (Å²) in [6.45, 7) is 0.840. The highest BCUT2D eigenvalue weighted by atomic mass is 32.2. The summed E-state index contributed by atoms with van der Waals surface area (Å²) < 4.78 is 40.2. The zero-order valence-electron chi connectivity index (χ0n) is 13.4. The third kappa shape index (κ3) is 4.36. The molecule has 0 N–H and O–H groups in total. The molecule has 8 heteroatoms. The normalized spacial score (nSPS) is 18.4. The zero-order valence-corrected chi connectivity index (χ0v) is 14.3. The van der Waals surface area contributed by atoms with E-state index in [2.05, 4.69) is 5.10 Å². The Morgan fingerprint density at radius 2 is 2.00 bits per heavy atom. The quantitative estimate of drug-likeness (QED) is 0.768. The summed E-state index contributed by atoms with van der Waals surface area (Å²) in [6, 6.07) is 10.1. The van der Waals surface area contributed by atoms with Crippen molar-refractivity contribution in [2.24, 2.45) is 0 Å². The Kier molecular flexibility index (Phi) is 5.36. The van der Waals surface area contributed by atoms with E-state index in [0.717, 1.165) is 21.8 Å². The molecule has 134 valence electrons. The smallest absolute Gasteiger partial charge is 0.340 e. The largest absolute Gasteiger partial charge is 0.433 e. The summed E-state index contributed by atoms with van der Waals surface area (Å²) >= 11 is 1.43. The van der Waals surface area contributed by atoms with E-state index in [0.29, 0.717) is 19.4 Å². The minimum Gasteiger partial charge on any atom is -0.340 e. The standard InChI is InChI=1S/C17H18F3N3OS/c18-17(19,20)15-8-9-21-23(15)13-5-4-10-22(11-13)16(24)12-25-14-6-2-1-3-7-14/h1-3,6-9,13H,4-5,10-12H2/t13-/m0/s1. The second-order valence-corrected chi connectivity index (χ2v) is 6.95. The van der Waals surface area contributed by atoms with Crippen LogP contribution in [0.3, 0.4) is 0 Å². The molecule has 1 saturated heterocycles. The minimum absolute atomic E-state index is 0.0562. The molecule has 0 radical (unpaired) electrons. The fraction of sp³-hybridized carbons (Fsp3) is 0.412. The van der Waals surface area contributed by atoms with Crippen molar-refractivity contribution >= 4 is 17.7 Å². The lowest BCUT2D eigenvalue weighted by atomic mass is 10.1. The SMILES string of the molecule is O=C(CSc1ccccc1)N1CCC[C@H](n2nccc2C(F)(F)F)C1. The summed E-state index contributed by atoms with van der Waals surface area (Å²) in [4.78, 5) is 15.1. The molecular weight excluding hydrogens is 351 g/mol. The number of likely N-dealkylation sites (tertiary alicyclic amines) is 1. The molecule has 0 bridgehead atoms. The summed E-state index contributed by atoms with van der Waals surface area (Å²) in [5.41, 5.74) is -0.759. The Morgan fingerprint density at radius 1 is 1.24 bits per heavy atom. The Bertz CT molecular complexity index is 717. The molecule has 3 rings (SSSR count). The lowest BCUT2D eigenvalue weighted by Gasteiger charge is -2.33. The number of carbonyl (C=O) groups excluding carboxylic acids is 1. The number of hydrogen-bond acceptors (Lipinski definition) is 3.